The van der Waals surface area contributed by atoms with Gasteiger partial charge in [0.25, 0.3) is 0 Å². The third-order valence-corrected chi connectivity index (χ3v) is 0.834. The minimum absolute atomic E-state index is 0.424. The lowest BCUT2D eigenvalue weighted by Crippen LogP contribution is -2.36. The van der Waals surface area contributed by atoms with Crippen molar-refractivity contribution in [2.45, 2.75) is 0 Å². The number of nitrogens with zero attached hydrogens (tertiary/aromatic N) is 1. The Hall–Kier alpha value is -0.970. The highest BCUT2D eigenvalue weighted by molar-refractivity contribution is 6.22. The fourth-order valence-corrected chi connectivity index (χ4v) is 0.277. The summed E-state index contributed by atoms with van der Waals surface area (Å²) in [5.41, 5.74) is 0. The zero-order valence-electron chi connectivity index (χ0n) is 4.59. The molecule has 52 valence electrons. The number of carbonyl (C=O) groups excluding carboxylic acids is 1. The first-order valence-corrected chi connectivity index (χ1v) is 2.34. The second-order valence-corrected chi connectivity index (χ2v) is 1.43. The van der Waals surface area contributed by atoms with Gasteiger partial charge in [0.2, 0.25) is 0 Å². The highest BCUT2D eigenvalue weighted by Crippen LogP contribution is 1.84. The number of rotatable bonds is 0. The molecule has 0 bridgehead atoms. The predicted octanol–water partition coefficient (Wildman–Crippen LogP) is 0.460. The summed E-state index contributed by atoms with van der Waals surface area (Å²) >= 11 is 4.79. The van der Waals surface area contributed by atoms with Crippen LogP contribution in [-0.4, -0.2) is 29.2 Å². The number of urea groups is 1. The van der Waals surface area contributed by atoms with Crippen LogP contribution in [0, 0.1) is 0 Å². The SMILES string of the molecule is CN(C(=O)O)C(=O)NCl. The maximum Gasteiger partial charge on any atom is 0.415 e. The van der Waals surface area contributed by atoms with Gasteiger partial charge in [-0.15, -0.1) is 0 Å². The lowest BCUT2D eigenvalue weighted by atomic mass is 10.8. The van der Waals surface area contributed by atoms with Crippen molar-refractivity contribution in [2.75, 3.05) is 7.05 Å². The predicted molar refractivity (Wildman–Crippen MR) is 30.2 cm³/mol. The van der Waals surface area contributed by atoms with Crippen molar-refractivity contribution in [2.24, 2.45) is 0 Å². The molecule has 0 atom stereocenters. The van der Waals surface area contributed by atoms with Crippen LogP contribution in [0.1, 0.15) is 0 Å². The normalized spacial score (nSPS) is 8.22. The fraction of sp³-hybridized carbons (Fsp3) is 0.333. The molecule has 0 spiro atoms. The minimum atomic E-state index is -1.35. The summed E-state index contributed by atoms with van der Waals surface area (Å²) < 4.78 is 0. The van der Waals surface area contributed by atoms with Crippen molar-refractivity contribution in [3.05, 3.63) is 0 Å². The Balaban J connectivity index is 3.88. The van der Waals surface area contributed by atoms with Gasteiger partial charge in [0.15, 0.2) is 0 Å². The molecule has 0 unspecified atom stereocenters. The van der Waals surface area contributed by atoms with Crippen molar-refractivity contribution >= 4 is 23.9 Å². The van der Waals surface area contributed by atoms with E-state index < -0.39 is 12.1 Å². The summed E-state index contributed by atoms with van der Waals surface area (Å²) in [6.45, 7) is 0. The van der Waals surface area contributed by atoms with Gasteiger partial charge in [-0.25, -0.2) is 19.3 Å². The topological polar surface area (TPSA) is 69.6 Å². The minimum Gasteiger partial charge on any atom is -0.465 e. The van der Waals surface area contributed by atoms with Crippen LogP contribution in [0.25, 0.3) is 0 Å². The van der Waals surface area contributed by atoms with E-state index in [2.05, 4.69) is 0 Å². The molecule has 6 heteroatoms. The first-order valence-electron chi connectivity index (χ1n) is 1.97. The lowest BCUT2D eigenvalue weighted by molar-refractivity contribution is 0.158. The molecule has 0 rings (SSSR count). The highest BCUT2D eigenvalue weighted by atomic mass is 35.5. The molecule has 0 aliphatic carbocycles. The van der Waals surface area contributed by atoms with E-state index in [1.165, 1.54) is 0 Å². The van der Waals surface area contributed by atoms with Gasteiger partial charge in [0.1, 0.15) is 0 Å². The summed E-state index contributed by atoms with van der Waals surface area (Å²) in [7, 11) is 1.08. The van der Waals surface area contributed by atoms with Crippen molar-refractivity contribution in [3.63, 3.8) is 0 Å². The first-order chi connectivity index (χ1) is 4.09. The Morgan fingerprint density at radius 1 is 1.67 bits per heavy atom. The molecule has 0 heterocycles. The molecule has 0 aromatic rings. The Kier molecular flexibility index (Phi) is 2.80. The van der Waals surface area contributed by atoms with Gasteiger partial charge in [-0.05, 0) is 0 Å². The number of halogens is 1. The standard InChI is InChI=1S/C3H5ClN2O3/c1-6(3(8)9)2(7)5-4/h1H3,(H,5,7)(H,8,9). The van der Waals surface area contributed by atoms with E-state index in [0.717, 1.165) is 7.05 Å². The van der Waals surface area contributed by atoms with Crippen molar-refractivity contribution in [1.29, 1.82) is 0 Å². The fourth-order valence-electron chi connectivity index (χ4n) is 0.150. The van der Waals surface area contributed by atoms with Gasteiger partial charge < -0.3 is 5.11 Å². The van der Waals surface area contributed by atoms with Crippen LogP contribution in [0.4, 0.5) is 9.59 Å². The molecule has 0 radical (unpaired) electrons. The molecule has 0 aromatic carbocycles. The monoisotopic (exact) mass is 152 g/mol. The number of hydrogen-bond donors (Lipinski definition) is 2. The Bertz CT molecular complexity index is 137. The Labute approximate surface area is 56.3 Å². The molecule has 5 nitrogen and oxygen atoms in total. The average molecular weight is 153 g/mol. The van der Waals surface area contributed by atoms with Gasteiger partial charge in [0, 0.05) is 18.8 Å². The van der Waals surface area contributed by atoms with Crippen LogP contribution < -0.4 is 4.84 Å². The highest BCUT2D eigenvalue weighted by Gasteiger charge is 2.12. The van der Waals surface area contributed by atoms with E-state index >= 15 is 0 Å². The number of carboxylic acid groups (broad SMARTS) is 1. The lowest BCUT2D eigenvalue weighted by Gasteiger charge is -2.06. The molecule has 0 aliphatic rings. The molecule has 0 fully saturated rings. The molecule has 2 N–H and O–H groups in total. The van der Waals surface area contributed by atoms with Crippen LogP contribution in [0.2, 0.25) is 0 Å². The van der Waals surface area contributed by atoms with Crippen LogP contribution >= 0.6 is 11.8 Å². The smallest absolute Gasteiger partial charge is 0.415 e. The first kappa shape index (κ1) is 8.03. The maximum absolute atomic E-state index is 10.3. The van der Waals surface area contributed by atoms with E-state index in [1.54, 1.807) is 4.84 Å². The number of amides is 3. The quantitative estimate of drug-likeness (QED) is 0.496. The summed E-state index contributed by atoms with van der Waals surface area (Å²) in [5, 5.41) is 8.09. The molecular formula is C3H5ClN2O3. The Morgan fingerprint density at radius 3 is 2.22 bits per heavy atom. The second-order valence-electron chi connectivity index (χ2n) is 1.24. The van der Waals surface area contributed by atoms with E-state index in [0.29, 0.717) is 4.90 Å². The second kappa shape index (κ2) is 3.13. The maximum atomic E-state index is 10.3. The van der Waals surface area contributed by atoms with Crippen molar-refractivity contribution in [1.82, 2.24) is 9.74 Å². The zero-order chi connectivity index (χ0) is 7.44. The van der Waals surface area contributed by atoms with Gasteiger partial charge in [-0.2, -0.15) is 0 Å². The zero-order valence-corrected chi connectivity index (χ0v) is 5.34. The van der Waals surface area contributed by atoms with Gasteiger partial charge in [-0.3, -0.25) is 0 Å². The third-order valence-electron chi connectivity index (χ3n) is 0.672. The van der Waals surface area contributed by atoms with Gasteiger partial charge in [0.05, 0.1) is 0 Å². The molecule has 3 amide bonds. The van der Waals surface area contributed by atoms with E-state index in [4.69, 9.17) is 16.9 Å². The molecule has 0 saturated heterocycles. The third kappa shape index (κ3) is 2.18. The molecule has 0 saturated carbocycles. The average Bonchev–Trinajstić information content (AvgIpc) is 1.84. The molecular weight excluding hydrogens is 147 g/mol. The van der Waals surface area contributed by atoms with E-state index in [1.807, 2.05) is 0 Å². The van der Waals surface area contributed by atoms with Gasteiger partial charge >= 0.3 is 12.1 Å². The molecule has 0 aromatic heterocycles. The summed E-state index contributed by atoms with van der Waals surface area (Å²) in [6.07, 6.45) is -1.35. The summed E-state index contributed by atoms with van der Waals surface area (Å²) in [4.78, 5) is 22.2. The van der Waals surface area contributed by atoms with E-state index in [-0.39, 0.29) is 0 Å². The summed E-state index contributed by atoms with van der Waals surface area (Å²) in [5.74, 6) is 0. The number of nitrogens with one attached hydrogen (secondary N) is 1. The number of hydrogen-bond acceptors (Lipinski definition) is 2. The van der Waals surface area contributed by atoms with E-state index in [9.17, 15) is 9.59 Å². The van der Waals surface area contributed by atoms with Crippen LogP contribution in [0.15, 0.2) is 0 Å². The van der Waals surface area contributed by atoms with Crippen LogP contribution in [0.3, 0.4) is 0 Å². The van der Waals surface area contributed by atoms with Crippen LogP contribution in [-0.2, 0) is 0 Å². The Morgan fingerprint density at radius 2 is 2.11 bits per heavy atom. The van der Waals surface area contributed by atoms with Crippen molar-refractivity contribution in [3.8, 4) is 0 Å². The number of carbonyl (C=O) groups is 2. The molecule has 9 heavy (non-hydrogen) atoms. The summed E-state index contributed by atoms with van der Waals surface area (Å²) in [6, 6.07) is -0.871. The largest absolute Gasteiger partial charge is 0.465 e. The van der Waals surface area contributed by atoms with Gasteiger partial charge in [-0.1, -0.05) is 0 Å². The molecule has 0 aliphatic heterocycles. The van der Waals surface area contributed by atoms with Crippen LogP contribution in [0.5, 0.6) is 0 Å². The number of imide groups is 1. The van der Waals surface area contributed by atoms with Crippen molar-refractivity contribution < 1.29 is 14.7 Å².